The van der Waals surface area contributed by atoms with Gasteiger partial charge in [-0.25, -0.2) is 4.99 Å². The summed E-state index contributed by atoms with van der Waals surface area (Å²) in [5.41, 5.74) is 2.11. The third kappa shape index (κ3) is 6.59. The average Bonchev–Trinajstić information content (AvgIpc) is 2.93. The molecular weight excluding hydrogens is 526 g/mol. The normalized spacial score (nSPS) is 16.3. The van der Waals surface area contributed by atoms with Crippen molar-refractivity contribution in [1.29, 1.82) is 0 Å². The van der Waals surface area contributed by atoms with E-state index >= 15 is 0 Å². The Labute approximate surface area is 230 Å². The van der Waals surface area contributed by atoms with Gasteiger partial charge < -0.3 is 19.5 Å². The van der Waals surface area contributed by atoms with Gasteiger partial charge in [0.15, 0.2) is 16.7 Å². The van der Waals surface area contributed by atoms with Crippen molar-refractivity contribution in [3.8, 4) is 17.2 Å². The summed E-state index contributed by atoms with van der Waals surface area (Å²) in [6, 6.07) is 19.8. The van der Waals surface area contributed by atoms with E-state index in [1.54, 1.807) is 74.8 Å². The van der Waals surface area contributed by atoms with Gasteiger partial charge in [-0.05, 0) is 60.5 Å². The van der Waals surface area contributed by atoms with Crippen molar-refractivity contribution in [2.24, 2.45) is 4.99 Å². The molecule has 1 aliphatic heterocycles. The molecule has 0 unspecified atom stereocenters. The van der Waals surface area contributed by atoms with Crippen LogP contribution in [0.2, 0.25) is 5.02 Å². The molecule has 0 radical (unpaired) electrons. The van der Waals surface area contributed by atoms with Crippen molar-refractivity contribution in [2.45, 2.75) is 18.1 Å². The molecule has 2 amide bonds. The number of amidine groups is 1. The fourth-order valence-electron chi connectivity index (χ4n) is 3.88. The number of amides is 2. The second-order valence-electron chi connectivity index (χ2n) is 8.36. The molecule has 0 spiro atoms. The number of para-hydroxylation sites is 1. The highest BCUT2D eigenvalue weighted by Crippen LogP contribution is 2.32. The first-order chi connectivity index (χ1) is 18.4. The van der Waals surface area contributed by atoms with Crippen LogP contribution in [0, 0.1) is 0 Å². The second kappa shape index (κ2) is 12.7. The monoisotopic (exact) mass is 553 g/mol. The van der Waals surface area contributed by atoms with Gasteiger partial charge in [-0.2, -0.15) is 0 Å². The maximum Gasteiger partial charge on any atom is 0.238 e. The SMILES string of the molecule is COc1ccc(N=C2S[C@@H](C(=O)Nc3ccccc3Cl)CC(=O)N2CCc2ccc(OC)c(OC)c2)cc1. The van der Waals surface area contributed by atoms with Crippen LogP contribution in [-0.4, -0.2) is 55.0 Å². The van der Waals surface area contributed by atoms with Gasteiger partial charge in [-0.15, -0.1) is 0 Å². The van der Waals surface area contributed by atoms with Gasteiger partial charge in [0.25, 0.3) is 0 Å². The lowest BCUT2D eigenvalue weighted by atomic mass is 10.1. The molecule has 0 saturated carbocycles. The average molecular weight is 554 g/mol. The fraction of sp³-hybridized carbons (Fsp3) is 0.250. The number of benzene rings is 3. The topological polar surface area (TPSA) is 89.5 Å². The van der Waals surface area contributed by atoms with Crippen LogP contribution < -0.4 is 19.5 Å². The lowest BCUT2D eigenvalue weighted by molar-refractivity contribution is -0.129. The number of anilines is 1. The molecule has 1 heterocycles. The van der Waals surface area contributed by atoms with Gasteiger partial charge in [0.2, 0.25) is 11.8 Å². The lowest BCUT2D eigenvalue weighted by Gasteiger charge is -2.32. The van der Waals surface area contributed by atoms with Crippen LogP contribution in [0.5, 0.6) is 17.2 Å². The van der Waals surface area contributed by atoms with Gasteiger partial charge in [0.1, 0.15) is 11.0 Å². The molecule has 8 nitrogen and oxygen atoms in total. The summed E-state index contributed by atoms with van der Waals surface area (Å²) < 4.78 is 16.0. The molecule has 1 N–H and O–H groups in total. The third-order valence-electron chi connectivity index (χ3n) is 5.93. The summed E-state index contributed by atoms with van der Waals surface area (Å²) in [6.45, 7) is 0.384. The first-order valence-corrected chi connectivity index (χ1v) is 13.1. The number of carbonyl (C=O) groups excluding carboxylic acids is 2. The number of carbonyl (C=O) groups is 2. The van der Waals surface area contributed by atoms with Crippen LogP contribution in [0.4, 0.5) is 11.4 Å². The Morgan fingerprint density at radius 3 is 2.45 bits per heavy atom. The Morgan fingerprint density at radius 1 is 1.03 bits per heavy atom. The highest BCUT2D eigenvalue weighted by molar-refractivity contribution is 8.15. The Morgan fingerprint density at radius 2 is 1.76 bits per heavy atom. The summed E-state index contributed by atoms with van der Waals surface area (Å²) in [6.07, 6.45) is 0.597. The van der Waals surface area contributed by atoms with Crippen molar-refractivity contribution in [3.63, 3.8) is 0 Å². The molecule has 38 heavy (non-hydrogen) atoms. The van der Waals surface area contributed by atoms with Gasteiger partial charge in [-0.3, -0.25) is 14.5 Å². The molecule has 3 aromatic carbocycles. The predicted octanol–water partition coefficient (Wildman–Crippen LogP) is 5.57. The molecule has 1 saturated heterocycles. The van der Waals surface area contributed by atoms with Crippen molar-refractivity contribution >= 4 is 51.7 Å². The Kier molecular flexibility index (Phi) is 9.15. The third-order valence-corrected chi connectivity index (χ3v) is 7.45. The largest absolute Gasteiger partial charge is 0.497 e. The molecule has 0 bridgehead atoms. The Balaban J connectivity index is 1.57. The second-order valence-corrected chi connectivity index (χ2v) is 9.93. The van der Waals surface area contributed by atoms with Crippen LogP contribution in [-0.2, 0) is 16.0 Å². The van der Waals surface area contributed by atoms with E-state index in [9.17, 15) is 9.59 Å². The summed E-state index contributed by atoms with van der Waals surface area (Å²) >= 11 is 7.47. The summed E-state index contributed by atoms with van der Waals surface area (Å²) in [5.74, 6) is 1.46. The maximum atomic E-state index is 13.3. The van der Waals surface area contributed by atoms with Crippen molar-refractivity contribution in [2.75, 3.05) is 33.2 Å². The number of hydrogen-bond acceptors (Lipinski definition) is 7. The van der Waals surface area contributed by atoms with Crippen molar-refractivity contribution in [1.82, 2.24) is 4.90 Å². The van der Waals surface area contributed by atoms with Crippen LogP contribution >= 0.6 is 23.4 Å². The van der Waals surface area contributed by atoms with E-state index in [4.69, 9.17) is 30.8 Å². The molecule has 0 aromatic heterocycles. The molecule has 1 fully saturated rings. The number of halogens is 1. The van der Waals surface area contributed by atoms with Gasteiger partial charge >= 0.3 is 0 Å². The summed E-state index contributed by atoms with van der Waals surface area (Å²) in [7, 11) is 4.76. The van der Waals surface area contributed by atoms with E-state index in [-0.39, 0.29) is 18.2 Å². The standard InChI is InChI=1S/C28H28ClN3O5S/c1-35-20-11-9-19(10-12-20)30-28-32(15-14-18-8-13-23(36-2)24(16-18)37-3)26(33)17-25(38-28)27(34)31-22-7-5-4-6-21(22)29/h4-13,16,25H,14-15,17H2,1-3H3,(H,31,34)/t25-/m1/s1. The molecular formula is C28H28ClN3O5S. The zero-order valence-corrected chi connectivity index (χ0v) is 22.8. The molecule has 0 aliphatic carbocycles. The van der Waals surface area contributed by atoms with Crippen molar-refractivity contribution < 1.29 is 23.8 Å². The molecule has 198 valence electrons. The van der Waals surface area contributed by atoms with E-state index in [1.165, 1.54) is 11.8 Å². The zero-order valence-electron chi connectivity index (χ0n) is 21.3. The summed E-state index contributed by atoms with van der Waals surface area (Å²) in [4.78, 5) is 32.8. The highest BCUT2D eigenvalue weighted by atomic mass is 35.5. The number of rotatable bonds is 9. The van der Waals surface area contributed by atoms with Crippen molar-refractivity contribution in [3.05, 3.63) is 77.3 Å². The number of nitrogens with zero attached hydrogens (tertiary/aromatic N) is 2. The van der Waals surface area contributed by atoms with Crippen LogP contribution in [0.15, 0.2) is 71.7 Å². The number of thioether (sulfide) groups is 1. The number of nitrogens with one attached hydrogen (secondary N) is 1. The number of aliphatic imine (C=N–C) groups is 1. The molecule has 10 heteroatoms. The minimum Gasteiger partial charge on any atom is -0.497 e. The maximum absolute atomic E-state index is 13.3. The molecule has 3 aromatic rings. The Hall–Kier alpha value is -3.69. The molecule has 1 aliphatic rings. The summed E-state index contributed by atoms with van der Waals surface area (Å²) in [5, 5.41) is 3.05. The van der Waals surface area contributed by atoms with Crippen LogP contribution in [0.1, 0.15) is 12.0 Å². The first kappa shape index (κ1) is 27.3. The van der Waals surface area contributed by atoms with Crippen LogP contribution in [0.25, 0.3) is 0 Å². The van der Waals surface area contributed by atoms with E-state index < -0.39 is 5.25 Å². The van der Waals surface area contributed by atoms with E-state index in [1.807, 2.05) is 18.2 Å². The van der Waals surface area contributed by atoms with Gasteiger partial charge in [-0.1, -0.05) is 41.6 Å². The van der Waals surface area contributed by atoms with E-state index in [0.717, 1.165) is 5.56 Å². The number of ether oxygens (including phenoxy) is 3. The van der Waals surface area contributed by atoms with Gasteiger partial charge in [0.05, 0.1) is 37.7 Å². The van der Waals surface area contributed by atoms with E-state index in [0.29, 0.717) is 51.8 Å². The molecule has 1 atom stereocenters. The highest BCUT2D eigenvalue weighted by Gasteiger charge is 2.36. The predicted molar refractivity (Wildman–Crippen MR) is 151 cm³/mol. The van der Waals surface area contributed by atoms with Crippen LogP contribution in [0.3, 0.4) is 0 Å². The zero-order chi connectivity index (χ0) is 27.1. The minimum atomic E-state index is -0.659. The van der Waals surface area contributed by atoms with Gasteiger partial charge in [0, 0.05) is 13.0 Å². The first-order valence-electron chi connectivity index (χ1n) is 11.9. The lowest BCUT2D eigenvalue weighted by Crippen LogP contribution is -2.46. The fourth-order valence-corrected chi connectivity index (χ4v) is 5.19. The van der Waals surface area contributed by atoms with E-state index in [2.05, 4.69) is 5.32 Å². The molecule has 4 rings (SSSR count). The number of hydrogen-bond donors (Lipinski definition) is 1. The Bertz CT molecular complexity index is 1330. The smallest absolute Gasteiger partial charge is 0.238 e. The quantitative estimate of drug-likeness (QED) is 0.373. The minimum absolute atomic E-state index is 0.0362. The number of methoxy groups -OCH3 is 3.